The van der Waals surface area contributed by atoms with E-state index in [1.54, 1.807) is 6.92 Å². The zero-order valence-corrected chi connectivity index (χ0v) is 9.36. The summed E-state index contributed by atoms with van der Waals surface area (Å²) in [6.45, 7) is 3.15. The molecule has 1 aromatic rings. The third-order valence-corrected chi connectivity index (χ3v) is 3.08. The average Bonchev–Trinajstić information content (AvgIpc) is 2.50. The Balaban J connectivity index is 2.24. The Morgan fingerprint density at radius 2 is 2.00 bits per heavy atom. The zero-order chi connectivity index (χ0) is 11.5. The van der Waals surface area contributed by atoms with Gasteiger partial charge in [0.25, 0.3) is 0 Å². The summed E-state index contributed by atoms with van der Waals surface area (Å²) in [5.41, 5.74) is 3.18. The fourth-order valence-corrected chi connectivity index (χ4v) is 2.11. The fraction of sp³-hybridized carbons (Fsp3) is 0.385. The van der Waals surface area contributed by atoms with Crippen LogP contribution < -0.4 is 0 Å². The molecule has 16 heavy (non-hydrogen) atoms. The van der Waals surface area contributed by atoms with E-state index in [1.807, 2.05) is 23.1 Å². The summed E-state index contributed by atoms with van der Waals surface area (Å²) >= 11 is 0. The lowest BCUT2D eigenvalue weighted by Crippen LogP contribution is -2.30. The summed E-state index contributed by atoms with van der Waals surface area (Å²) in [7, 11) is 0. The Hall–Kier alpha value is -1.82. The minimum atomic E-state index is 0.133. The number of hydrogen-bond acceptors (Lipinski definition) is 2. The highest BCUT2D eigenvalue weighted by Gasteiger charge is 2.15. The SMILES string of the molecule is CC(=O)N1CCc2ccc(C#N)cc2CC1. The normalized spacial score (nSPS) is 14.9. The van der Waals surface area contributed by atoms with E-state index in [-0.39, 0.29) is 5.91 Å². The van der Waals surface area contributed by atoms with Crippen molar-refractivity contribution >= 4 is 5.91 Å². The summed E-state index contributed by atoms with van der Waals surface area (Å²) < 4.78 is 0. The molecule has 0 radical (unpaired) electrons. The zero-order valence-electron chi connectivity index (χ0n) is 9.36. The third kappa shape index (κ3) is 2.06. The van der Waals surface area contributed by atoms with E-state index >= 15 is 0 Å². The van der Waals surface area contributed by atoms with Crippen LogP contribution in [-0.4, -0.2) is 23.9 Å². The maximum absolute atomic E-state index is 11.3. The first-order valence-corrected chi connectivity index (χ1v) is 5.48. The molecule has 3 nitrogen and oxygen atoms in total. The molecule has 0 aromatic heterocycles. The van der Waals surface area contributed by atoms with Gasteiger partial charge < -0.3 is 4.90 Å². The fourth-order valence-electron chi connectivity index (χ4n) is 2.11. The summed E-state index contributed by atoms with van der Waals surface area (Å²) in [5, 5.41) is 8.84. The maximum atomic E-state index is 11.3. The molecule has 0 saturated heterocycles. The highest BCUT2D eigenvalue weighted by molar-refractivity contribution is 5.73. The highest BCUT2D eigenvalue weighted by atomic mass is 16.2. The molecule has 82 valence electrons. The van der Waals surface area contributed by atoms with E-state index in [2.05, 4.69) is 6.07 Å². The third-order valence-electron chi connectivity index (χ3n) is 3.08. The summed E-state index contributed by atoms with van der Waals surface area (Å²) in [6.07, 6.45) is 1.74. The maximum Gasteiger partial charge on any atom is 0.219 e. The van der Waals surface area contributed by atoms with Gasteiger partial charge in [0.05, 0.1) is 11.6 Å². The summed E-state index contributed by atoms with van der Waals surface area (Å²) in [4.78, 5) is 13.2. The molecule has 1 amide bonds. The lowest BCUT2D eigenvalue weighted by Gasteiger charge is -2.17. The molecule has 1 aliphatic heterocycles. The topological polar surface area (TPSA) is 44.1 Å². The largest absolute Gasteiger partial charge is 0.342 e. The number of carbonyl (C=O) groups excluding carboxylic acids is 1. The predicted molar refractivity (Wildman–Crippen MR) is 60.8 cm³/mol. The van der Waals surface area contributed by atoms with E-state index in [0.29, 0.717) is 5.56 Å². The van der Waals surface area contributed by atoms with Gasteiger partial charge in [0.15, 0.2) is 0 Å². The van der Waals surface area contributed by atoms with Gasteiger partial charge in [-0.2, -0.15) is 5.26 Å². The molecule has 2 rings (SSSR count). The van der Waals surface area contributed by atoms with Gasteiger partial charge in [0.1, 0.15) is 0 Å². The first-order valence-electron chi connectivity index (χ1n) is 5.48. The van der Waals surface area contributed by atoms with E-state index < -0.39 is 0 Å². The van der Waals surface area contributed by atoms with Crippen molar-refractivity contribution < 1.29 is 4.79 Å². The Morgan fingerprint density at radius 3 is 2.62 bits per heavy atom. The molecule has 0 N–H and O–H groups in total. The highest BCUT2D eigenvalue weighted by Crippen LogP contribution is 2.17. The van der Waals surface area contributed by atoms with E-state index in [9.17, 15) is 4.79 Å². The van der Waals surface area contributed by atoms with Crippen LogP contribution in [0.25, 0.3) is 0 Å². The minimum Gasteiger partial charge on any atom is -0.342 e. The van der Waals surface area contributed by atoms with Crippen molar-refractivity contribution in [3.05, 3.63) is 34.9 Å². The van der Waals surface area contributed by atoms with Crippen molar-refractivity contribution in [1.29, 1.82) is 5.26 Å². The quantitative estimate of drug-likeness (QED) is 0.657. The molecule has 0 fully saturated rings. The Labute approximate surface area is 95.3 Å². The molecule has 1 heterocycles. The van der Waals surface area contributed by atoms with E-state index in [4.69, 9.17) is 5.26 Å². The van der Waals surface area contributed by atoms with Gasteiger partial charge in [-0.1, -0.05) is 6.07 Å². The van der Waals surface area contributed by atoms with Crippen molar-refractivity contribution in [1.82, 2.24) is 4.90 Å². The number of nitriles is 1. The number of nitrogens with zero attached hydrogens (tertiary/aromatic N) is 2. The number of fused-ring (bicyclic) bond motifs is 1. The number of rotatable bonds is 0. The van der Waals surface area contributed by atoms with Gasteiger partial charge >= 0.3 is 0 Å². The number of carbonyl (C=O) groups is 1. The molecule has 0 bridgehead atoms. The van der Waals surface area contributed by atoms with E-state index in [1.165, 1.54) is 11.1 Å². The van der Waals surface area contributed by atoms with Crippen LogP contribution in [0.4, 0.5) is 0 Å². The Bertz CT molecular complexity index is 459. The van der Waals surface area contributed by atoms with Crippen molar-refractivity contribution in [2.45, 2.75) is 19.8 Å². The van der Waals surface area contributed by atoms with Gasteiger partial charge in [-0.05, 0) is 36.1 Å². The summed E-state index contributed by atoms with van der Waals surface area (Å²) in [6, 6.07) is 7.96. The molecule has 0 atom stereocenters. The second kappa shape index (κ2) is 4.36. The average molecular weight is 214 g/mol. The van der Waals surface area contributed by atoms with Crippen LogP contribution in [0.3, 0.4) is 0 Å². The van der Waals surface area contributed by atoms with E-state index in [0.717, 1.165) is 25.9 Å². The molecule has 0 unspecified atom stereocenters. The number of hydrogen-bond donors (Lipinski definition) is 0. The van der Waals surface area contributed by atoms with Crippen molar-refractivity contribution in [3.63, 3.8) is 0 Å². The van der Waals surface area contributed by atoms with Crippen LogP contribution in [0.2, 0.25) is 0 Å². The van der Waals surface area contributed by atoms with Crippen LogP contribution in [0, 0.1) is 11.3 Å². The molecule has 0 saturated carbocycles. The van der Waals surface area contributed by atoms with Crippen LogP contribution in [0.5, 0.6) is 0 Å². The standard InChI is InChI=1S/C13H14N2O/c1-10(16)15-6-4-12-3-2-11(9-14)8-13(12)5-7-15/h2-3,8H,4-7H2,1H3. The van der Waals surface area contributed by atoms with Crippen molar-refractivity contribution in [2.24, 2.45) is 0 Å². The smallest absolute Gasteiger partial charge is 0.219 e. The van der Waals surface area contributed by atoms with Gasteiger partial charge in [-0.3, -0.25) is 4.79 Å². The Kier molecular flexibility index (Phi) is 2.91. The van der Waals surface area contributed by atoms with Crippen LogP contribution >= 0.6 is 0 Å². The van der Waals surface area contributed by atoms with Gasteiger partial charge in [0, 0.05) is 20.0 Å². The van der Waals surface area contributed by atoms with Crippen LogP contribution in [-0.2, 0) is 17.6 Å². The first-order chi connectivity index (χ1) is 7.70. The molecule has 1 aromatic carbocycles. The minimum absolute atomic E-state index is 0.133. The van der Waals surface area contributed by atoms with Crippen LogP contribution in [0.15, 0.2) is 18.2 Å². The monoisotopic (exact) mass is 214 g/mol. The second-order valence-electron chi connectivity index (χ2n) is 4.10. The van der Waals surface area contributed by atoms with Gasteiger partial charge in [-0.25, -0.2) is 0 Å². The van der Waals surface area contributed by atoms with Crippen LogP contribution in [0.1, 0.15) is 23.6 Å². The lowest BCUT2D eigenvalue weighted by molar-refractivity contribution is -0.128. The number of benzene rings is 1. The van der Waals surface area contributed by atoms with Gasteiger partial charge in [0.2, 0.25) is 5.91 Å². The molecular formula is C13H14N2O. The Morgan fingerprint density at radius 1 is 1.31 bits per heavy atom. The summed E-state index contributed by atoms with van der Waals surface area (Å²) in [5.74, 6) is 0.133. The number of amides is 1. The first kappa shape index (κ1) is 10.7. The molecule has 1 aliphatic rings. The predicted octanol–water partition coefficient (Wildman–Crippen LogP) is 1.51. The van der Waals surface area contributed by atoms with Gasteiger partial charge in [-0.15, -0.1) is 0 Å². The molecule has 0 spiro atoms. The lowest BCUT2D eigenvalue weighted by atomic mass is 10.0. The van der Waals surface area contributed by atoms with Crippen molar-refractivity contribution in [3.8, 4) is 6.07 Å². The molecular weight excluding hydrogens is 200 g/mol. The second-order valence-corrected chi connectivity index (χ2v) is 4.10. The molecule has 0 aliphatic carbocycles. The van der Waals surface area contributed by atoms with Crippen molar-refractivity contribution in [2.75, 3.05) is 13.1 Å². The molecule has 3 heteroatoms.